The third kappa shape index (κ3) is 4.20. The van der Waals surface area contributed by atoms with Crippen molar-refractivity contribution in [2.45, 2.75) is 29.6 Å². The lowest BCUT2D eigenvalue weighted by Crippen LogP contribution is -2.14. The van der Waals surface area contributed by atoms with Crippen molar-refractivity contribution >= 4 is 46.7 Å². The van der Waals surface area contributed by atoms with Gasteiger partial charge in [-0.3, -0.25) is 9.48 Å². The molecule has 1 aromatic carbocycles. The number of benzene rings is 1. The van der Waals surface area contributed by atoms with Crippen LogP contribution >= 0.6 is 35.1 Å². The molecule has 142 valence electrons. The van der Waals surface area contributed by atoms with Gasteiger partial charge >= 0.3 is 0 Å². The Morgan fingerprint density at radius 1 is 1.30 bits per heavy atom. The number of carbonyl (C=O) groups is 1. The van der Waals surface area contributed by atoms with E-state index in [0.29, 0.717) is 17.8 Å². The Hall–Kier alpha value is -1.84. The van der Waals surface area contributed by atoms with Gasteiger partial charge in [0.05, 0.1) is 33.4 Å². The Labute approximate surface area is 169 Å². The molecular weight excluding hydrogens is 403 g/mol. The largest absolute Gasteiger partial charge is 0.319 e. The first kappa shape index (κ1) is 19.9. The molecule has 0 unspecified atom stereocenters. The molecule has 0 aliphatic heterocycles. The van der Waals surface area contributed by atoms with Crippen molar-refractivity contribution in [2.24, 2.45) is 0 Å². The maximum atomic E-state index is 13.4. The average Bonchev–Trinajstić information content (AvgIpc) is 3.18. The predicted molar refractivity (Wildman–Crippen MR) is 111 cm³/mol. The van der Waals surface area contributed by atoms with Crippen LogP contribution in [0.3, 0.4) is 0 Å². The summed E-state index contributed by atoms with van der Waals surface area (Å²) >= 11 is 4.30. The van der Waals surface area contributed by atoms with Crippen LogP contribution < -0.4 is 5.32 Å². The Morgan fingerprint density at radius 2 is 2.07 bits per heavy atom. The van der Waals surface area contributed by atoms with Gasteiger partial charge in [0.2, 0.25) is 0 Å². The monoisotopic (exact) mass is 422 g/mol. The molecule has 0 saturated heterocycles. The van der Waals surface area contributed by atoms with Gasteiger partial charge in [0, 0.05) is 0 Å². The molecule has 0 bridgehead atoms. The van der Waals surface area contributed by atoms with Gasteiger partial charge in [-0.25, -0.2) is 4.39 Å². The van der Waals surface area contributed by atoms with Crippen molar-refractivity contribution in [1.29, 1.82) is 0 Å². The standard InChI is InChI=1S/C18H19FN4OS3/c1-10-15(20-16(24)14-17(25-3)22-27-18(14)26-4)11(2)23(21-10)9-12-6-5-7-13(19)8-12/h5-8H,9H2,1-4H3,(H,20,24). The highest BCUT2D eigenvalue weighted by Gasteiger charge is 2.22. The van der Waals surface area contributed by atoms with Gasteiger partial charge in [-0.1, -0.05) is 12.1 Å². The van der Waals surface area contributed by atoms with Gasteiger partial charge in [0.15, 0.2) is 0 Å². The molecule has 27 heavy (non-hydrogen) atoms. The quantitative estimate of drug-likeness (QED) is 0.576. The summed E-state index contributed by atoms with van der Waals surface area (Å²) in [5.41, 5.74) is 3.65. The van der Waals surface area contributed by atoms with Crippen LogP contribution in [0.5, 0.6) is 0 Å². The summed E-state index contributed by atoms with van der Waals surface area (Å²) in [7, 11) is 0. The molecule has 3 aromatic rings. The van der Waals surface area contributed by atoms with Crippen molar-refractivity contribution in [3.63, 3.8) is 0 Å². The Morgan fingerprint density at radius 3 is 2.74 bits per heavy atom. The predicted octanol–water partition coefficient (Wildman–Crippen LogP) is 4.84. The maximum absolute atomic E-state index is 13.4. The van der Waals surface area contributed by atoms with E-state index < -0.39 is 0 Å². The molecule has 0 saturated carbocycles. The molecule has 2 heterocycles. The third-order valence-corrected chi connectivity index (χ3v) is 6.82. The van der Waals surface area contributed by atoms with Gasteiger partial charge in [0.25, 0.3) is 5.91 Å². The van der Waals surface area contributed by atoms with E-state index >= 15 is 0 Å². The molecule has 3 rings (SSSR count). The number of carbonyl (C=O) groups excluding carboxylic acids is 1. The lowest BCUT2D eigenvalue weighted by Gasteiger charge is -2.08. The van der Waals surface area contributed by atoms with E-state index in [2.05, 4.69) is 14.8 Å². The minimum Gasteiger partial charge on any atom is -0.319 e. The minimum atomic E-state index is -0.276. The summed E-state index contributed by atoms with van der Waals surface area (Å²) in [4.78, 5) is 12.9. The van der Waals surface area contributed by atoms with Gasteiger partial charge in [-0.05, 0) is 55.6 Å². The summed E-state index contributed by atoms with van der Waals surface area (Å²) in [6.07, 6.45) is 3.84. The molecule has 2 aromatic heterocycles. The van der Waals surface area contributed by atoms with Crippen LogP contribution in [0.4, 0.5) is 10.1 Å². The second kappa shape index (κ2) is 8.45. The Bertz CT molecular complexity index is 962. The van der Waals surface area contributed by atoms with Crippen molar-refractivity contribution in [3.05, 3.63) is 52.6 Å². The molecule has 1 amide bonds. The van der Waals surface area contributed by atoms with Gasteiger partial charge < -0.3 is 5.32 Å². The third-order valence-electron chi connectivity index (χ3n) is 4.08. The number of nitrogens with one attached hydrogen (secondary N) is 1. The number of hydrogen-bond donors (Lipinski definition) is 1. The van der Waals surface area contributed by atoms with E-state index in [1.165, 1.54) is 47.2 Å². The zero-order valence-electron chi connectivity index (χ0n) is 15.4. The van der Waals surface area contributed by atoms with E-state index in [-0.39, 0.29) is 11.7 Å². The Balaban J connectivity index is 1.87. The van der Waals surface area contributed by atoms with Crippen LogP contribution in [0.15, 0.2) is 33.5 Å². The second-order valence-corrected chi connectivity index (χ2v) is 8.49. The lowest BCUT2D eigenvalue weighted by atomic mass is 10.2. The fraction of sp³-hybridized carbons (Fsp3) is 0.278. The molecular formula is C18H19FN4OS3. The summed E-state index contributed by atoms with van der Waals surface area (Å²) < 4.78 is 20.4. The molecule has 1 N–H and O–H groups in total. The number of halogens is 1. The number of amides is 1. The van der Waals surface area contributed by atoms with Crippen LogP contribution in [0, 0.1) is 19.7 Å². The zero-order chi connectivity index (χ0) is 19.6. The Kier molecular flexibility index (Phi) is 6.23. The van der Waals surface area contributed by atoms with Gasteiger partial charge in [-0.2, -0.15) is 9.47 Å². The molecule has 5 nitrogen and oxygen atoms in total. The van der Waals surface area contributed by atoms with Crippen LogP contribution in [0.1, 0.15) is 27.3 Å². The second-order valence-electron chi connectivity index (χ2n) is 5.85. The van der Waals surface area contributed by atoms with E-state index in [1.807, 2.05) is 32.4 Å². The highest BCUT2D eigenvalue weighted by Crippen LogP contribution is 2.33. The molecule has 0 radical (unpaired) electrons. The van der Waals surface area contributed by atoms with Crippen LogP contribution in [-0.2, 0) is 6.54 Å². The van der Waals surface area contributed by atoms with E-state index in [4.69, 9.17) is 0 Å². The van der Waals surface area contributed by atoms with Crippen LogP contribution in [0.25, 0.3) is 0 Å². The van der Waals surface area contributed by atoms with E-state index in [0.717, 1.165) is 26.2 Å². The number of aryl methyl sites for hydroxylation is 1. The number of anilines is 1. The molecule has 0 aliphatic rings. The van der Waals surface area contributed by atoms with Crippen LogP contribution in [0.2, 0.25) is 0 Å². The number of nitrogens with zero attached hydrogens (tertiary/aromatic N) is 3. The number of thioether (sulfide) groups is 2. The van der Waals surface area contributed by atoms with E-state index in [9.17, 15) is 9.18 Å². The fourth-order valence-corrected chi connectivity index (χ4v) is 5.03. The smallest absolute Gasteiger partial charge is 0.260 e. The topological polar surface area (TPSA) is 59.8 Å². The highest BCUT2D eigenvalue weighted by molar-refractivity contribution is 8.01. The summed E-state index contributed by atoms with van der Waals surface area (Å²) in [5, 5.41) is 8.23. The summed E-state index contributed by atoms with van der Waals surface area (Å²) in [6, 6.07) is 6.43. The van der Waals surface area contributed by atoms with E-state index in [1.54, 1.807) is 10.7 Å². The summed E-state index contributed by atoms with van der Waals surface area (Å²) in [6.45, 7) is 4.18. The zero-order valence-corrected chi connectivity index (χ0v) is 17.8. The fourth-order valence-electron chi connectivity index (χ4n) is 2.75. The first-order valence-corrected chi connectivity index (χ1v) is 11.3. The van der Waals surface area contributed by atoms with Crippen molar-refractivity contribution in [2.75, 3.05) is 17.8 Å². The maximum Gasteiger partial charge on any atom is 0.260 e. The van der Waals surface area contributed by atoms with Crippen molar-refractivity contribution in [1.82, 2.24) is 14.2 Å². The first-order chi connectivity index (χ1) is 12.9. The highest BCUT2D eigenvalue weighted by atomic mass is 32.2. The van der Waals surface area contributed by atoms with Crippen molar-refractivity contribution < 1.29 is 9.18 Å². The number of rotatable bonds is 6. The van der Waals surface area contributed by atoms with Gasteiger partial charge in [-0.15, -0.1) is 23.5 Å². The molecule has 0 spiro atoms. The molecule has 0 fully saturated rings. The summed E-state index contributed by atoms with van der Waals surface area (Å²) in [5.74, 6) is -0.462. The molecule has 0 aliphatic carbocycles. The molecule has 0 atom stereocenters. The molecule has 9 heteroatoms. The normalized spacial score (nSPS) is 11.0. The number of hydrogen-bond acceptors (Lipinski definition) is 6. The first-order valence-electron chi connectivity index (χ1n) is 8.12. The number of aromatic nitrogens is 3. The average molecular weight is 423 g/mol. The lowest BCUT2D eigenvalue weighted by molar-refractivity contribution is 0.102. The van der Waals surface area contributed by atoms with Crippen molar-refractivity contribution in [3.8, 4) is 0 Å². The SMILES string of the molecule is CSc1nsc(SC)c1C(=O)Nc1c(C)nn(Cc2cccc(F)c2)c1C. The van der Waals surface area contributed by atoms with Gasteiger partial charge in [0.1, 0.15) is 10.8 Å². The minimum absolute atomic E-state index is 0.186. The van der Waals surface area contributed by atoms with Crippen LogP contribution in [-0.4, -0.2) is 32.6 Å².